The molecule has 6 nitrogen and oxygen atoms in total. The van der Waals surface area contributed by atoms with Crippen LogP contribution in [0.5, 0.6) is 0 Å². The Bertz CT molecular complexity index is 898. The van der Waals surface area contributed by atoms with Crippen molar-refractivity contribution in [3.8, 4) is 12.1 Å². The molecule has 1 N–H and O–H groups in total. The summed E-state index contributed by atoms with van der Waals surface area (Å²) in [6.45, 7) is 2.06. The van der Waals surface area contributed by atoms with Crippen molar-refractivity contribution in [3.05, 3.63) is 64.5 Å². The Morgan fingerprint density at radius 2 is 2.00 bits per heavy atom. The molecule has 0 aliphatic carbocycles. The molecule has 26 heavy (non-hydrogen) atoms. The zero-order valence-corrected chi connectivity index (χ0v) is 14.8. The van der Waals surface area contributed by atoms with Gasteiger partial charge >= 0.3 is 0 Å². The molecule has 0 aliphatic heterocycles. The van der Waals surface area contributed by atoms with Gasteiger partial charge in [-0.1, -0.05) is 30.3 Å². The van der Waals surface area contributed by atoms with E-state index in [1.165, 1.54) is 11.0 Å². The normalized spacial score (nSPS) is 10.9. The highest BCUT2D eigenvalue weighted by molar-refractivity contribution is 6.01. The highest BCUT2D eigenvalue weighted by Crippen LogP contribution is 2.18. The van der Waals surface area contributed by atoms with Crippen LogP contribution in [0.25, 0.3) is 6.08 Å². The Kier molecular flexibility index (Phi) is 6.32. The minimum Gasteiger partial charge on any atom is -0.395 e. The molecule has 0 atom stereocenters. The largest absolute Gasteiger partial charge is 0.395 e. The predicted octanol–water partition coefficient (Wildman–Crippen LogP) is 2.13. The maximum Gasteiger partial charge on any atom is 0.264 e. The number of aliphatic hydroxyl groups excluding tert-OH is 1. The second-order valence-electron chi connectivity index (χ2n) is 5.85. The van der Waals surface area contributed by atoms with E-state index in [0.717, 1.165) is 11.3 Å². The number of nitrogens with zero attached hydrogens (tertiary/aromatic N) is 4. The van der Waals surface area contributed by atoms with Crippen LogP contribution in [0, 0.1) is 29.6 Å². The Balaban J connectivity index is 2.33. The van der Waals surface area contributed by atoms with Crippen molar-refractivity contribution in [1.82, 2.24) is 9.47 Å². The lowest BCUT2D eigenvalue weighted by molar-refractivity contribution is -0.127. The highest BCUT2D eigenvalue weighted by Gasteiger charge is 2.19. The summed E-state index contributed by atoms with van der Waals surface area (Å²) in [7, 11) is 1.76. The van der Waals surface area contributed by atoms with Crippen LogP contribution in [-0.2, 0) is 18.4 Å². The number of rotatable bonds is 6. The first-order valence-electron chi connectivity index (χ1n) is 8.14. The van der Waals surface area contributed by atoms with Gasteiger partial charge in [0, 0.05) is 25.8 Å². The van der Waals surface area contributed by atoms with Gasteiger partial charge in [0.15, 0.2) is 0 Å². The van der Waals surface area contributed by atoms with Crippen molar-refractivity contribution in [2.45, 2.75) is 13.5 Å². The van der Waals surface area contributed by atoms with Crippen LogP contribution >= 0.6 is 0 Å². The zero-order valence-electron chi connectivity index (χ0n) is 14.8. The first-order valence-corrected chi connectivity index (χ1v) is 8.14. The standard InChI is InChI=1S/C20H20N4O2/c1-15-17(11-19(13-22)23(15)2)10-18(12-21)20(26)24(8-9-25)14-16-6-4-3-5-7-16/h3-7,10-11,25H,8-9,14H2,1-2H3/b18-10-. The van der Waals surface area contributed by atoms with Crippen LogP contribution in [-0.4, -0.2) is 33.6 Å². The third-order valence-electron chi connectivity index (χ3n) is 4.21. The van der Waals surface area contributed by atoms with E-state index < -0.39 is 5.91 Å². The molecule has 132 valence electrons. The van der Waals surface area contributed by atoms with E-state index in [-0.39, 0.29) is 18.7 Å². The summed E-state index contributed by atoms with van der Waals surface area (Å²) < 4.78 is 1.71. The zero-order chi connectivity index (χ0) is 19.1. The van der Waals surface area contributed by atoms with Crippen molar-refractivity contribution in [2.24, 2.45) is 7.05 Å². The molecule has 6 heteroatoms. The third-order valence-corrected chi connectivity index (χ3v) is 4.21. The summed E-state index contributed by atoms with van der Waals surface area (Å²) in [5, 5.41) is 27.9. The Morgan fingerprint density at radius 3 is 2.54 bits per heavy atom. The molecule has 1 amide bonds. The summed E-state index contributed by atoms with van der Waals surface area (Å²) in [6, 6.07) is 15.1. The summed E-state index contributed by atoms with van der Waals surface area (Å²) in [6.07, 6.45) is 1.49. The fourth-order valence-electron chi connectivity index (χ4n) is 2.62. The molecule has 0 bridgehead atoms. The number of hydrogen-bond acceptors (Lipinski definition) is 4. The maximum absolute atomic E-state index is 12.8. The minimum absolute atomic E-state index is 0.0347. The van der Waals surface area contributed by atoms with Gasteiger partial charge in [-0.15, -0.1) is 0 Å². The Hall–Kier alpha value is -3.35. The van der Waals surface area contributed by atoms with Gasteiger partial charge in [0.25, 0.3) is 5.91 Å². The first kappa shape index (κ1) is 19.0. The van der Waals surface area contributed by atoms with Crippen LogP contribution in [0.4, 0.5) is 0 Å². The smallest absolute Gasteiger partial charge is 0.264 e. The molecule has 1 aromatic carbocycles. The number of aromatic nitrogens is 1. The second-order valence-corrected chi connectivity index (χ2v) is 5.85. The summed E-state index contributed by atoms with van der Waals surface area (Å²) in [5.74, 6) is -0.452. The SMILES string of the molecule is Cc1c(/C=C(/C#N)C(=O)N(CCO)Cc2ccccc2)cc(C#N)n1C. The van der Waals surface area contributed by atoms with Crippen molar-refractivity contribution >= 4 is 12.0 Å². The molecule has 2 aromatic rings. The van der Waals surface area contributed by atoms with Crippen molar-refractivity contribution < 1.29 is 9.90 Å². The lowest BCUT2D eigenvalue weighted by Crippen LogP contribution is -2.33. The molecule has 2 rings (SSSR count). The topological polar surface area (TPSA) is 93.1 Å². The van der Waals surface area contributed by atoms with E-state index in [1.807, 2.05) is 43.3 Å². The number of hydrogen-bond donors (Lipinski definition) is 1. The fraction of sp³-hybridized carbons (Fsp3) is 0.250. The quantitative estimate of drug-likeness (QED) is 0.639. The lowest BCUT2D eigenvalue weighted by Gasteiger charge is -2.21. The van der Waals surface area contributed by atoms with Crippen LogP contribution in [0.1, 0.15) is 22.5 Å². The van der Waals surface area contributed by atoms with Crippen LogP contribution in [0.2, 0.25) is 0 Å². The molecular weight excluding hydrogens is 328 g/mol. The molecule has 1 heterocycles. The van der Waals surface area contributed by atoms with Gasteiger partial charge in [0.2, 0.25) is 0 Å². The molecule has 0 aliphatic rings. The van der Waals surface area contributed by atoms with Crippen LogP contribution < -0.4 is 0 Å². The predicted molar refractivity (Wildman–Crippen MR) is 97.4 cm³/mol. The second kappa shape index (κ2) is 8.66. The van der Waals surface area contributed by atoms with Gasteiger partial charge in [-0.3, -0.25) is 4.79 Å². The monoisotopic (exact) mass is 348 g/mol. The average Bonchev–Trinajstić information content (AvgIpc) is 2.93. The first-order chi connectivity index (χ1) is 12.5. The Labute approximate surface area is 152 Å². The number of nitriles is 2. The van der Waals surface area contributed by atoms with Gasteiger partial charge in [-0.05, 0) is 30.2 Å². The van der Waals surface area contributed by atoms with Crippen molar-refractivity contribution in [1.29, 1.82) is 10.5 Å². The van der Waals surface area contributed by atoms with Crippen molar-refractivity contribution in [2.75, 3.05) is 13.2 Å². The summed E-state index contributed by atoms with van der Waals surface area (Å²) in [4.78, 5) is 14.2. The number of aliphatic hydroxyl groups is 1. The van der Waals surface area contributed by atoms with E-state index in [9.17, 15) is 15.2 Å². The van der Waals surface area contributed by atoms with E-state index in [0.29, 0.717) is 17.8 Å². The lowest BCUT2D eigenvalue weighted by atomic mass is 10.1. The van der Waals surface area contributed by atoms with Gasteiger partial charge < -0.3 is 14.6 Å². The minimum atomic E-state index is -0.452. The Morgan fingerprint density at radius 1 is 1.31 bits per heavy atom. The number of benzene rings is 1. The molecule has 0 spiro atoms. The summed E-state index contributed by atoms with van der Waals surface area (Å²) >= 11 is 0. The van der Waals surface area contributed by atoms with Gasteiger partial charge in [0.1, 0.15) is 23.4 Å². The van der Waals surface area contributed by atoms with Crippen LogP contribution in [0.15, 0.2) is 42.0 Å². The van der Waals surface area contributed by atoms with Gasteiger partial charge in [-0.2, -0.15) is 10.5 Å². The number of carbonyl (C=O) groups excluding carboxylic acids is 1. The number of amides is 1. The molecule has 0 saturated heterocycles. The molecule has 0 radical (unpaired) electrons. The van der Waals surface area contributed by atoms with E-state index >= 15 is 0 Å². The van der Waals surface area contributed by atoms with E-state index in [1.54, 1.807) is 17.7 Å². The van der Waals surface area contributed by atoms with Gasteiger partial charge in [0.05, 0.1) is 6.61 Å². The van der Waals surface area contributed by atoms with E-state index in [4.69, 9.17) is 5.26 Å². The molecule has 0 unspecified atom stereocenters. The molecule has 0 fully saturated rings. The van der Waals surface area contributed by atoms with E-state index in [2.05, 4.69) is 6.07 Å². The fourth-order valence-corrected chi connectivity index (χ4v) is 2.62. The third kappa shape index (κ3) is 4.18. The molecule has 1 aromatic heterocycles. The average molecular weight is 348 g/mol. The highest BCUT2D eigenvalue weighted by atomic mass is 16.3. The van der Waals surface area contributed by atoms with Crippen molar-refractivity contribution in [3.63, 3.8) is 0 Å². The van der Waals surface area contributed by atoms with Crippen LogP contribution in [0.3, 0.4) is 0 Å². The van der Waals surface area contributed by atoms with Gasteiger partial charge in [-0.25, -0.2) is 0 Å². The summed E-state index contributed by atoms with van der Waals surface area (Å²) in [5.41, 5.74) is 2.77. The number of carbonyl (C=O) groups is 1. The molecular formula is C20H20N4O2. The molecule has 0 saturated carbocycles. The maximum atomic E-state index is 12.8.